The van der Waals surface area contributed by atoms with E-state index in [2.05, 4.69) is 4.98 Å². The number of aryl methyl sites for hydroxylation is 1. The van der Waals surface area contributed by atoms with Gasteiger partial charge in [-0.1, -0.05) is 11.6 Å². The zero-order chi connectivity index (χ0) is 19.6. The summed E-state index contributed by atoms with van der Waals surface area (Å²) in [6, 6.07) is 9.09. The number of hydrogen-bond donors (Lipinski definition) is 0. The molecule has 0 spiro atoms. The molecule has 0 atom stereocenters. The molecule has 0 aliphatic carbocycles. The largest absolute Gasteiger partial charge is 0.495 e. The lowest BCUT2D eigenvalue weighted by Crippen LogP contribution is -1.96. The van der Waals surface area contributed by atoms with Crippen LogP contribution in [0.5, 0.6) is 23.0 Å². The summed E-state index contributed by atoms with van der Waals surface area (Å²) < 4.78 is 27.3. The van der Waals surface area contributed by atoms with E-state index < -0.39 is 0 Å². The number of methoxy groups -OCH3 is 4. The summed E-state index contributed by atoms with van der Waals surface area (Å²) in [5, 5.41) is 0.486. The molecule has 0 bridgehead atoms. The van der Waals surface area contributed by atoms with E-state index in [1.165, 1.54) is 0 Å². The van der Waals surface area contributed by atoms with Crippen LogP contribution in [0.25, 0.3) is 22.6 Å². The summed E-state index contributed by atoms with van der Waals surface area (Å²) in [4.78, 5) is 4.54. The average molecular weight is 390 g/mol. The molecule has 7 heteroatoms. The Morgan fingerprint density at radius 3 is 1.96 bits per heavy atom. The Kier molecular flexibility index (Phi) is 5.46. The van der Waals surface area contributed by atoms with Gasteiger partial charge < -0.3 is 23.4 Å². The maximum atomic E-state index is 6.28. The number of halogens is 1. The maximum Gasteiger partial charge on any atom is 0.203 e. The first-order valence-electron chi connectivity index (χ1n) is 8.14. The highest BCUT2D eigenvalue weighted by Gasteiger charge is 2.21. The molecule has 0 unspecified atom stereocenters. The number of oxazole rings is 1. The number of hydrogen-bond acceptors (Lipinski definition) is 6. The van der Waals surface area contributed by atoms with Gasteiger partial charge in [0.2, 0.25) is 5.75 Å². The normalized spacial score (nSPS) is 10.6. The van der Waals surface area contributed by atoms with Crippen LogP contribution in [0.3, 0.4) is 0 Å². The maximum absolute atomic E-state index is 6.28. The molecule has 0 aliphatic heterocycles. The standard InChI is InChI=1S/C20H20ClNO5/c1-11-22-18(13-9-16(24-3)20(26-5)17(10-13)25-4)19(27-11)12-6-7-15(23-2)14(21)8-12/h6-10H,1-5H3. The topological polar surface area (TPSA) is 63.0 Å². The summed E-state index contributed by atoms with van der Waals surface area (Å²) in [7, 11) is 6.27. The highest BCUT2D eigenvalue weighted by molar-refractivity contribution is 6.32. The van der Waals surface area contributed by atoms with Gasteiger partial charge in [-0.25, -0.2) is 4.98 Å². The molecule has 0 radical (unpaired) electrons. The molecule has 3 rings (SSSR count). The molecule has 2 aromatic carbocycles. The molecule has 0 saturated carbocycles. The highest BCUT2D eigenvalue weighted by atomic mass is 35.5. The van der Waals surface area contributed by atoms with Gasteiger partial charge in [0.25, 0.3) is 0 Å². The summed E-state index contributed by atoms with van der Waals surface area (Å²) in [5.74, 6) is 3.29. The zero-order valence-electron chi connectivity index (χ0n) is 15.8. The number of benzene rings is 2. The molecule has 0 fully saturated rings. The number of ether oxygens (including phenoxy) is 4. The average Bonchev–Trinajstić information content (AvgIpc) is 3.08. The van der Waals surface area contributed by atoms with Crippen molar-refractivity contribution in [2.24, 2.45) is 0 Å². The first-order valence-corrected chi connectivity index (χ1v) is 8.51. The smallest absolute Gasteiger partial charge is 0.203 e. The van der Waals surface area contributed by atoms with Crippen molar-refractivity contribution in [2.75, 3.05) is 28.4 Å². The van der Waals surface area contributed by atoms with Crippen LogP contribution in [-0.4, -0.2) is 33.4 Å². The van der Waals surface area contributed by atoms with Crippen LogP contribution in [0.15, 0.2) is 34.7 Å². The van der Waals surface area contributed by atoms with Gasteiger partial charge in [0, 0.05) is 18.1 Å². The van der Waals surface area contributed by atoms with Crippen LogP contribution >= 0.6 is 11.6 Å². The molecular formula is C20H20ClNO5. The summed E-state index contributed by atoms with van der Waals surface area (Å²) in [6.07, 6.45) is 0. The fourth-order valence-electron chi connectivity index (χ4n) is 2.84. The van der Waals surface area contributed by atoms with E-state index in [1.54, 1.807) is 47.5 Å². The van der Waals surface area contributed by atoms with Gasteiger partial charge in [0.15, 0.2) is 23.1 Å². The molecule has 0 aliphatic rings. The fraction of sp³-hybridized carbons (Fsp3) is 0.250. The van der Waals surface area contributed by atoms with Gasteiger partial charge in [-0.2, -0.15) is 0 Å². The van der Waals surface area contributed by atoms with Crippen molar-refractivity contribution in [1.82, 2.24) is 4.98 Å². The lowest BCUT2D eigenvalue weighted by molar-refractivity contribution is 0.324. The van der Waals surface area contributed by atoms with Crippen molar-refractivity contribution in [3.63, 3.8) is 0 Å². The lowest BCUT2D eigenvalue weighted by atomic mass is 10.0. The van der Waals surface area contributed by atoms with Crippen molar-refractivity contribution < 1.29 is 23.4 Å². The predicted octanol–water partition coefficient (Wildman–Crippen LogP) is 5.00. The third kappa shape index (κ3) is 3.53. The Labute approximate surface area is 162 Å². The Hall–Kier alpha value is -2.86. The second-order valence-corrected chi connectivity index (χ2v) is 6.08. The van der Waals surface area contributed by atoms with Crippen molar-refractivity contribution in [1.29, 1.82) is 0 Å². The number of rotatable bonds is 6. The Balaban J connectivity index is 2.18. The lowest BCUT2D eigenvalue weighted by Gasteiger charge is -2.14. The van der Waals surface area contributed by atoms with Gasteiger partial charge in [-0.05, 0) is 30.3 Å². The van der Waals surface area contributed by atoms with Gasteiger partial charge in [0.1, 0.15) is 11.4 Å². The minimum atomic E-state index is 0.486. The monoisotopic (exact) mass is 389 g/mol. The molecular weight excluding hydrogens is 370 g/mol. The van der Waals surface area contributed by atoms with E-state index in [1.807, 2.05) is 18.2 Å². The summed E-state index contributed by atoms with van der Waals surface area (Å²) in [5.41, 5.74) is 2.20. The Morgan fingerprint density at radius 2 is 1.44 bits per heavy atom. The van der Waals surface area contributed by atoms with Gasteiger partial charge in [-0.3, -0.25) is 0 Å². The minimum Gasteiger partial charge on any atom is -0.495 e. The second-order valence-electron chi connectivity index (χ2n) is 5.67. The van der Waals surface area contributed by atoms with E-state index in [9.17, 15) is 0 Å². The van der Waals surface area contributed by atoms with E-state index in [4.69, 9.17) is 35.0 Å². The first kappa shape index (κ1) is 18.9. The van der Waals surface area contributed by atoms with E-state index in [-0.39, 0.29) is 0 Å². The van der Waals surface area contributed by atoms with Crippen molar-refractivity contribution in [3.05, 3.63) is 41.2 Å². The van der Waals surface area contributed by atoms with Crippen LogP contribution < -0.4 is 18.9 Å². The molecule has 0 N–H and O–H groups in total. The first-order chi connectivity index (χ1) is 13.0. The summed E-state index contributed by atoms with van der Waals surface area (Å²) in [6.45, 7) is 1.79. The second kappa shape index (κ2) is 7.80. The quantitative estimate of drug-likeness (QED) is 0.590. The fourth-order valence-corrected chi connectivity index (χ4v) is 3.10. The number of aromatic nitrogens is 1. The van der Waals surface area contributed by atoms with Crippen molar-refractivity contribution >= 4 is 11.6 Å². The molecule has 27 heavy (non-hydrogen) atoms. The van der Waals surface area contributed by atoms with Crippen LogP contribution in [0.4, 0.5) is 0 Å². The van der Waals surface area contributed by atoms with Crippen molar-refractivity contribution in [2.45, 2.75) is 6.92 Å². The van der Waals surface area contributed by atoms with Gasteiger partial charge in [-0.15, -0.1) is 0 Å². The molecule has 0 saturated heterocycles. The van der Waals surface area contributed by atoms with E-state index in [0.29, 0.717) is 45.4 Å². The molecule has 0 amide bonds. The van der Waals surface area contributed by atoms with Crippen molar-refractivity contribution in [3.8, 4) is 45.6 Å². The van der Waals surface area contributed by atoms with Crippen LogP contribution in [-0.2, 0) is 0 Å². The van der Waals surface area contributed by atoms with Crippen LogP contribution in [0.2, 0.25) is 5.02 Å². The Bertz CT molecular complexity index is 942. The molecule has 1 heterocycles. The molecule has 3 aromatic rings. The molecule has 142 valence electrons. The third-order valence-electron chi connectivity index (χ3n) is 4.09. The number of nitrogens with zero attached hydrogens (tertiary/aromatic N) is 1. The summed E-state index contributed by atoms with van der Waals surface area (Å²) >= 11 is 6.28. The van der Waals surface area contributed by atoms with Gasteiger partial charge in [0.05, 0.1) is 33.5 Å². The zero-order valence-corrected chi connectivity index (χ0v) is 16.5. The van der Waals surface area contributed by atoms with Gasteiger partial charge >= 0.3 is 0 Å². The third-order valence-corrected chi connectivity index (χ3v) is 4.38. The molecule has 6 nitrogen and oxygen atoms in total. The predicted molar refractivity (Wildman–Crippen MR) is 103 cm³/mol. The SMILES string of the molecule is COc1ccc(-c2oc(C)nc2-c2cc(OC)c(OC)c(OC)c2)cc1Cl. The van der Waals surface area contributed by atoms with Crippen LogP contribution in [0, 0.1) is 6.92 Å². The van der Waals surface area contributed by atoms with E-state index in [0.717, 1.165) is 11.1 Å². The highest BCUT2D eigenvalue weighted by Crippen LogP contribution is 2.43. The molecule has 1 aromatic heterocycles. The Morgan fingerprint density at radius 1 is 0.815 bits per heavy atom. The van der Waals surface area contributed by atoms with E-state index >= 15 is 0 Å². The van der Waals surface area contributed by atoms with Crippen LogP contribution in [0.1, 0.15) is 5.89 Å². The minimum absolute atomic E-state index is 0.486.